The van der Waals surface area contributed by atoms with Gasteiger partial charge in [-0.2, -0.15) is 5.10 Å². The van der Waals surface area contributed by atoms with Gasteiger partial charge < -0.3 is 15.0 Å². The third-order valence-electron chi connectivity index (χ3n) is 6.88. The minimum Gasteiger partial charge on any atom is -0.490 e. The predicted octanol–water partition coefficient (Wildman–Crippen LogP) is 5.83. The number of piperidine rings is 1. The van der Waals surface area contributed by atoms with Crippen molar-refractivity contribution in [1.82, 2.24) is 25.1 Å². The van der Waals surface area contributed by atoms with Gasteiger partial charge in [0.1, 0.15) is 17.5 Å². The summed E-state index contributed by atoms with van der Waals surface area (Å²) in [5.41, 5.74) is 6.45. The molecule has 1 fully saturated rings. The van der Waals surface area contributed by atoms with Gasteiger partial charge in [-0.05, 0) is 62.2 Å². The fraction of sp³-hybridized carbons (Fsp3) is 0.241. The van der Waals surface area contributed by atoms with Crippen molar-refractivity contribution in [1.29, 1.82) is 0 Å². The zero-order valence-corrected chi connectivity index (χ0v) is 19.8. The Morgan fingerprint density at radius 2 is 1.80 bits per heavy atom. The molecule has 35 heavy (non-hydrogen) atoms. The van der Waals surface area contributed by atoms with Crippen molar-refractivity contribution in [2.45, 2.75) is 31.9 Å². The average molecular weight is 464 g/mol. The van der Waals surface area contributed by atoms with Crippen LogP contribution in [0.1, 0.15) is 31.4 Å². The van der Waals surface area contributed by atoms with Gasteiger partial charge in [0.25, 0.3) is 0 Å². The number of aromatic amines is 1. The number of pyridine rings is 1. The molecule has 6 heteroatoms. The molecule has 0 aliphatic carbocycles. The Balaban J connectivity index is 1.29. The molecule has 3 aromatic heterocycles. The van der Waals surface area contributed by atoms with Gasteiger partial charge in [-0.15, -0.1) is 0 Å². The molecule has 1 aliphatic heterocycles. The molecule has 5 aromatic rings. The van der Waals surface area contributed by atoms with Crippen LogP contribution in [0.2, 0.25) is 0 Å². The van der Waals surface area contributed by atoms with Crippen LogP contribution in [-0.4, -0.2) is 38.9 Å². The van der Waals surface area contributed by atoms with Gasteiger partial charge in [0, 0.05) is 40.7 Å². The van der Waals surface area contributed by atoms with Gasteiger partial charge in [0.05, 0.1) is 12.2 Å². The first kappa shape index (κ1) is 21.6. The molecule has 1 unspecified atom stereocenters. The summed E-state index contributed by atoms with van der Waals surface area (Å²) in [5.74, 6) is 0.917. The molecule has 6 rings (SSSR count). The van der Waals surface area contributed by atoms with E-state index in [0.29, 0.717) is 0 Å². The van der Waals surface area contributed by atoms with Crippen LogP contribution < -0.4 is 10.1 Å². The molecule has 0 amide bonds. The van der Waals surface area contributed by atoms with Crippen molar-refractivity contribution < 1.29 is 4.74 Å². The molecule has 2 N–H and O–H groups in total. The second kappa shape index (κ2) is 9.39. The molecule has 1 atom stereocenters. The summed E-state index contributed by atoms with van der Waals surface area (Å²) in [7, 11) is 0. The van der Waals surface area contributed by atoms with Crippen molar-refractivity contribution in [3.8, 4) is 28.0 Å². The van der Waals surface area contributed by atoms with E-state index in [9.17, 15) is 0 Å². The van der Waals surface area contributed by atoms with E-state index >= 15 is 0 Å². The highest BCUT2D eigenvalue weighted by atomic mass is 16.5. The van der Waals surface area contributed by atoms with Crippen molar-refractivity contribution in [3.05, 3.63) is 91.0 Å². The molecular formula is C29H29N5O. The molecule has 0 bridgehead atoms. The second-order valence-corrected chi connectivity index (χ2v) is 9.21. The monoisotopic (exact) mass is 463 g/mol. The van der Waals surface area contributed by atoms with Crippen molar-refractivity contribution in [3.63, 3.8) is 0 Å². The van der Waals surface area contributed by atoms with Gasteiger partial charge in [-0.25, -0.2) is 4.98 Å². The zero-order chi connectivity index (χ0) is 23.6. The van der Waals surface area contributed by atoms with Crippen LogP contribution in [0.3, 0.4) is 0 Å². The normalized spacial score (nSPS) is 15.3. The third-order valence-corrected chi connectivity index (χ3v) is 6.88. The fourth-order valence-corrected chi connectivity index (χ4v) is 4.83. The Morgan fingerprint density at radius 1 is 0.943 bits per heavy atom. The first-order valence-corrected chi connectivity index (χ1v) is 12.3. The van der Waals surface area contributed by atoms with E-state index in [0.717, 1.165) is 65.0 Å². The maximum absolute atomic E-state index is 6.27. The summed E-state index contributed by atoms with van der Waals surface area (Å²) in [6.07, 6.45) is 10.4. The molecule has 0 radical (unpaired) electrons. The standard InChI is InChI=1S/C29H29N5O/c1-20(21-6-3-2-4-7-21)34-19-24(17-33-34)28-18-32-29-27(28)15-23(16-31-29)22-8-5-9-26(14-22)35-25-10-12-30-13-11-25/h2-9,14-20,25,30H,10-13H2,1H3,(H,31,32). The minimum atomic E-state index is 0.159. The second-order valence-electron chi connectivity index (χ2n) is 9.21. The number of ether oxygens (including phenoxy) is 1. The smallest absolute Gasteiger partial charge is 0.137 e. The number of hydrogen-bond acceptors (Lipinski definition) is 4. The maximum Gasteiger partial charge on any atom is 0.137 e. The summed E-state index contributed by atoms with van der Waals surface area (Å²) in [6.45, 7) is 4.20. The third kappa shape index (κ3) is 4.45. The lowest BCUT2D eigenvalue weighted by atomic mass is 10.0. The van der Waals surface area contributed by atoms with Crippen LogP contribution in [0, 0.1) is 0 Å². The number of H-pyrrole nitrogens is 1. The summed E-state index contributed by atoms with van der Waals surface area (Å²) in [4.78, 5) is 8.03. The Morgan fingerprint density at radius 3 is 2.66 bits per heavy atom. The largest absolute Gasteiger partial charge is 0.490 e. The van der Waals surface area contributed by atoms with Crippen molar-refractivity contribution >= 4 is 11.0 Å². The predicted molar refractivity (Wildman–Crippen MR) is 140 cm³/mol. The van der Waals surface area contributed by atoms with E-state index in [4.69, 9.17) is 9.72 Å². The Bertz CT molecular complexity index is 1430. The van der Waals surface area contributed by atoms with Gasteiger partial charge in [-0.3, -0.25) is 4.68 Å². The molecule has 2 aromatic carbocycles. The van der Waals surface area contributed by atoms with Crippen LogP contribution >= 0.6 is 0 Å². The molecule has 1 saturated heterocycles. The van der Waals surface area contributed by atoms with E-state index in [1.165, 1.54) is 5.56 Å². The molecule has 6 nitrogen and oxygen atoms in total. The topological polar surface area (TPSA) is 67.8 Å². The molecule has 176 valence electrons. The highest BCUT2D eigenvalue weighted by Gasteiger charge is 2.16. The lowest BCUT2D eigenvalue weighted by molar-refractivity contribution is 0.162. The van der Waals surface area contributed by atoms with Crippen LogP contribution in [0.25, 0.3) is 33.3 Å². The molecule has 0 spiro atoms. The Labute approximate surface area is 205 Å². The Kier molecular flexibility index (Phi) is 5.80. The highest BCUT2D eigenvalue weighted by Crippen LogP contribution is 2.33. The number of rotatable bonds is 6. The maximum atomic E-state index is 6.27. The highest BCUT2D eigenvalue weighted by molar-refractivity contribution is 5.95. The number of nitrogens with one attached hydrogen (secondary N) is 2. The van der Waals surface area contributed by atoms with Gasteiger partial charge >= 0.3 is 0 Å². The molecule has 1 aliphatic rings. The van der Waals surface area contributed by atoms with Crippen molar-refractivity contribution in [2.75, 3.05) is 13.1 Å². The number of hydrogen-bond donors (Lipinski definition) is 2. The molecule has 0 saturated carbocycles. The van der Waals surface area contributed by atoms with Crippen LogP contribution in [-0.2, 0) is 0 Å². The SMILES string of the molecule is CC(c1ccccc1)n1cc(-c2c[nH]c3ncc(-c4cccc(OC5CCNCC5)c4)cc23)cn1. The zero-order valence-electron chi connectivity index (χ0n) is 19.8. The van der Waals surface area contributed by atoms with Crippen LogP contribution in [0.4, 0.5) is 0 Å². The molecule has 4 heterocycles. The quantitative estimate of drug-likeness (QED) is 0.332. The van der Waals surface area contributed by atoms with E-state index in [-0.39, 0.29) is 12.1 Å². The first-order valence-electron chi connectivity index (χ1n) is 12.3. The average Bonchev–Trinajstić information content (AvgIpc) is 3.56. The summed E-state index contributed by atoms with van der Waals surface area (Å²) < 4.78 is 8.28. The van der Waals surface area contributed by atoms with Gasteiger partial charge in [0.2, 0.25) is 0 Å². The van der Waals surface area contributed by atoms with Gasteiger partial charge in [-0.1, -0.05) is 42.5 Å². The number of nitrogens with zero attached hydrogens (tertiary/aromatic N) is 3. The summed E-state index contributed by atoms with van der Waals surface area (Å²) in [6, 6.07) is 21.1. The van der Waals surface area contributed by atoms with Crippen LogP contribution in [0.15, 0.2) is 85.5 Å². The van der Waals surface area contributed by atoms with E-state index < -0.39 is 0 Å². The molecular weight excluding hydrogens is 434 g/mol. The van der Waals surface area contributed by atoms with E-state index in [2.05, 4.69) is 77.1 Å². The number of fused-ring (bicyclic) bond motifs is 1. The minimum absolute atomic E-state index is 0.159. The number of aromatic nitrogens is 4. The van der Waals surface area contributed by atoms with E-state index in [1.54, 1.807) is 0 Å². The van der Waals surface area contributed by atoms with Gasteiger partial charge in [0.15, 0.2) is 0 Å². The first-order chi connectivity index (χ1) is 17.2. The fourth-order valence-electron chi connectivity index (χ4n) is 4.83. The Hall–Kier alpha value is -3.90. The van der Waals surface area contributed by atoms with Crippen LogP contribution in [0.5, 0.6) is 5.75 Å². The lowest BCUT2D eigenvalue weighted by Crippen LogP contribution is -2.34. The van der Waals surface area contributed by atoms with E-state index in [1.807, 2.05) is 35.4 Å². The summed E-state index contributed by atoms with van der Waals surface area (Å²) in [5, 5.41) is 9.14. The lowest BCUT2D eigenvalue weighted by Gasteiger charge is -2.24. The van der Waals surface area contributed by atoms with Crippen molar-refractivity contribution in [2.24, 2.45) is 0 Å². The number of benzene rings is 2. The summed E-state index contributed by atoms with van der Waals surface area (Å²) >= 11 is 0.